The number of amides is 2. The summed E-state index contributed by atoms with van der Waals surface area (Å²) in [5.41, 5.74) is 1.21. The number of nitrogens with zero attached hydrogens (tertiary/aromatic N) is 1. The second-order valence-corrected chi connectivity index (χ2v) is 6.55. The molecule has 1 aromatic heterocycles. The Morgan fingerprint density at radius 3 is 3.04 bits per heavy atom. The largest absolute Gasteiger partial charge is 0.460 e. The Bertz CT molecular complexity index is 826. The van der Waals surface area contributed by atoms with Gasteiger partial charge in [-0.05, 0) is 43.5 Å². The fourth-order valence-electron chi connectivity index (χ4n) is 3.59. The molecule has 0 spiro atoms. The van der Waals surface area contributed by atoms with Gasteiger partial charge in [0.05, 0.1) is 16.2 Å². The first-order chi connectivity index (χ1) is 11.6. The second-order valence-electron chi connectivity index (χ2n) is 6.14. The lowest BCUT2D eigenvalue weighted by molar-refractivity contribution is -0.142. The van der Waals surface area contributed by atoms with E-state index in [0.717, 1.165) is 30.2 Å². The molecule has 24 heavy (non-hydrogen) atoms. The summed E-state index contributed by atoms with van der Waals surface area (Å²) in [6.07, 6.45) is 4.39. The SMILES string of the molecule is O=C(Nc1c(Cl)ccc2ncccc12)N[C@H]1C(=O)O[C@H]2CCC[C@H]21. The van der Waals surface area contributed by atoms with Crippen LogP contribution in [0.4, 0.5) is 10.5 Å². The van der Waals surface area contributed by atoms with Gasteiger partial charge in [-0.15, -0.1) is 0 Å². The van der Waals surface area contributed by atoms with Crippen LogP contribution >= 0.6 is 11.6 Å². The number of urea groups is 1. The molecular formula is C17H16ClN3O3. The van der Waals surface area contributed by atoms with Crippen LogP contribution in [-0.2, 0) is 9.53 Å². The van der Waals surface area contributed by atoms with Crippen LogP contribution in [0.2, 0.25) is 5.02 Å². The molecule has 4 rings (SSSR count). The molecule has 0 unspecified atom stereocenters. The molecule has 2 aromatic rings. The first-order valence-corrected chi connectivity index (χ1v) is 8.32. The minimum Gasteiger partial charge on any atom is -0.460 e. The highest BCUT2D eigenvalue weighted by molar-refractivity contribution is 6.35. The van der Waals surface area contributed by atoms with E-state index in [4.69, 9.17) is 16.3 Å². The number of anilines is 1. The highest BCUT2D eigenvalue weighted by atomic mass is 35.5. The zero-order chi connectivity index (χ0) is 16.7. The molecule has 0 bridgehead atoms. The van der Waals surface area contributed by atoms with E-state index >= 15 is 0 Å². The minimum atomic E-state index is -0.593. The maximum absolute atomic E-state index is 12.4. The predicted molar refractivity (Wildman–Crippen MR) is 89.9 cm³/mol. The quantitative estimate of drug-likeness (QED) is 0.819. The second kappa shape index (κ2) is 5.94. The van der Waals surface area contributed by atoms with Crippen molar-refractivity contribution in [3.05, 3.63) is 35.5 Å². The molecule has 1 saturated carbocycles. The van der Waals surface area contributed by atoms with Gasteiger partial charge in [-0.2, -0.15) is 0 Å². The van der Waals surface area contributed by atoms with Crippen LogP contribution in [0.25, 0.3) is 10.9 Å². The lowest BCUT2D eigenvalue weighted by Crippen LogP contribution is -2.44. The number of rotatable bonds is 2. The lowest BCUT2D eigenvalue weighted by atomic mass is 9.99. The molecule has 3 atom stereocenters. The molecule has 2 amide bonds. The average molecular weight is 346 g/mol. The first kappa shape index (κ1) is 15.2. The Morgan fingerprint density at radius 2 is 2.17 bits per heavy atom. The number of esters is 1. The lowest BCUT2D eigenvalue weighted by Gasteiger charge is -2.17. The summed E-state index contributed by atoms with van der Waals surface area (Å²) < 4.78 is 5.33. The predicted octanol–water partition coefficient (Wildman–Crippen LogP) is 3.10. The van der Waals surface area contributed by atoms with Crippen LogP contribution in [0.15, 0.2) is 30.5 Å². The molecule has 0 radical (unpaired) electrons. The van der Waals surface area contributed by atoms with Crippen molar-refractivity contribution >= 4 is 40.2 Å². The van der Waals surface area contributed by atoms with Crippen molar-refractivity contribution < 1.29 is 14.3 Å². The third-order valence-corrected chi connectivity index (χ3v) is 5.03. The number of hydrogen-bond acceptors (Lipinski definition) is 4. The Balaban J connectivity index is 1.55. The highest BCUT2D eigenvalue weighted by Crippen LogP contribution is 2.37. The smallest absolute Gasteiger partial charge is 0.329 e. The van der Waals surface area contributed by atoms with Crippen molar-refractivity contribution in [3.63, 3.8) is 0 Å². The van der Waals surface area contributed by atoms with Gasteiger partial charge in [0.1, 0.15) is 12.1 Å². The Labute approximate surface area is 143 Å². The van der Waals surface area contributed by atoms with Crippen molar-refractivity contribution in [2.24, 2.45) is 5.92 Å². The van der Waals surface area contributed by atoms with E-state index < -0.39 is 12.1 Å². The molecule has 6 nitrogen and oxygen atoms in total. The maximum atomic E-state index is 12.4. The number of pyridine rings is 1. The van der Waals surface area contributed by atoms with E-state index in [1.165, 1.54) is 0 Å². The summed E-state index contributed by atoms with van der Waals surface area (Å²) in [6.45, 7) is 0. The van der Waals surface area contributed by atoms with Crippen molar-refractivity contribution in [1.82, 2.24) is 10.3 Å². The molecule has 2 heterocycles. The average Bonchev–Trinajstić information content (AvgIpc) is 3.13. The van der Waals surface area contributed by atoms with Crippen LogP contribution in [-0.4, -0.2) is 29.1 Å². The fourth-order valence-corrected chi connectivity index (χ4v) is 3.80. The number of hydrogen-bond donors (Lipinski definition) is 2. The number of benzene rings is 1. The molecule has 1 aliphatic heterocycles. The number of ether oxygens (including phenoxy) is 1. The van der Waals surface area contributed by atoms with Gasteiger partial charge in [0.15, 0.2) is 0 Å². The van der Waals surface area contributed by atoms with Crippen LogP contribution in [0, 0.1) is 5.92 Å². The summed E-state index contributed by atoms with van der Waals surface area (Å²) in [4.78, 5) is 28.6. The van der Waals surface area contributed by atoms with Crippen LogP contribution in [0.1, 0.15) is 19.3 Å². The van der Waals surface area contributed by atoms with Gasteiger partial charge in [0, 0.05) is 17.5 Å². The van der Waals surface area contributed by atoms with Gasteiger partial charge < -0.3 is 15.4 Å². The summed E-state index contributed by atoms with van der Waals surface area (Å²) in [5.74, 6) is -0.293. The highest BCUT2D eigenvalue weighted by Gasteiger charge is 2.47. The third-order valence-electron chi connectivity index (χ3n) is 4.71. The Kier molecular flexibility index (Phi) is 3.76. The van der Waals surface area contributed by atoms with Crippen molar-refractivity contribution in [2.75, 3.05) is 5.32 Å². The van der Waals surface area contributed by atoms with Crippen LogP contribution in [0.3, 0.4) is 0 Å². The summed E-state index contributed by atoms with van der Waals surface area (Å²) >= 11 is 6.22. The van der Waals surface area contributed by atoms with Crippen LogP contribution in [0.5, 0.6) is 0 Å². The minimum absolute atomic E-state index is 0.0619. The van der Waals surface area contributed by atoms with Crippen molar-refractivity contribution in [1.29, 1.82) is 0 Å². The number of nitrogens with one attached hydrogen (secondary N) is 2. The molecule has 1 aliphatic carbocycles. The molecule has 1 aromatic carbocycles. The van der Waals surface area contributed by atoms with Gasteiger partial charge in [0.2, 0.25) is 0 Å². The molecule has 7 heteroatoms. The summed E-state index contributed by atoms with van der Waals surface area (Å²) in [5, 5.41) is 6.65. The molecule has 1 saturated heterocycles. The molecule has 2 aliphatic rings. The van der Waals surface area contributed by atoms with Gasteiger partial charge >= 0.3 is 12.0 Å². The maximum Gasteiger partial charge on any atom is 0.329 e. The number of fused-ring (bicyclic) bond motifs is 2. The monoisotopic (exact) mass is 345 g/mol. The van der Waals surface area contributed by atoms with Gasteiger partial charge in [-0.3, -0.25) is 4.98 Å². The molecule has 2 fully saturated rings. The normalized spacial score (nSPS) is 25.4. The molecule has 2 N–H and O–H groups in total. The van der Waals surface area contributed by atoms with E-state index in [1.807, 2.05) is 6.07 Å². The molecule has 124 valence electrons. The fraction of sp³-hybridized carbons (Fsp3) is 0.353. The van der Waals surface area contributed by atoms with Gasteiger partial charge in [-0.25, -0.2) is 9.59 Å². The zero-order valence-electron chi connectivity index (χ0n) is 12.8. The zero-order valence-corrected chi connectivity index (χ0v) is 13.5. The van der Waals surface area contributed by atoms with E-state index in [0.29, 0.717) is 10.7 Å². The number of carbonyl (C=O) groups is 2. The third kappa shape index (κ3) is 2.57. The van der Waals surface area contributed by atoms with E-state index in [-0.39, 0.29) is 18.0 Å². The number of carbonyl (C=O) groups excluding carboxylic acids is 2. The van der Waals surface area contributed by atoms with Gasteiger partial charge in [0.25, 0.3) is 0 Å². The summed E-state index contributed by atoms with van der Waals surface area (Å²) in [7, 11) is 0. The van der Waals surface area contributed by atoms with Crippen molar-refractivity contribution in [2.45, 2.75) is 31.4 Å². The standard InChI is InChI=1S/C17H16ClN3O3/c18-11-6-7-12-9(4-2-8-19-12)14(11)20-17(23)21-15-10-3-1-5-13(10)24-16(15)22/h2,4,6-8,10,13,15H,1,3,5H2,(H2,20,21,23)/t10-,13+,15-/m1/s1. The Hall–Kier alpha value is -2.34. The number of aromatic nitrogens is 1. The molecular weight excluding hydrogens is 330 g/mol. The van der Waals surface area contributed by atoms with Gasteiger partial charge in [-0.1, -0.05) is 11.6 Å². The summed E-state index contributed by atoms with van der Waals surface area (Å²) in [6, 6.07) is 6.02. The van der Waals surface area contributed by atoms with E-state index in [2.05, 4.69) is 15.6 Å². The number of halogens is 1. The first-order valence-electron chi connectivity index (χ1n) is 7.95. The van der Waals surface area contributed by atoms with Crippen LogP contribution < -0.4 is 10.6 Å². The topological polar surface area (TPSA) is 80.3 Å². The van der Waals surface area contributed by atoms with E-state index in [1.54, 1.807) is 24.4 Å². The van der Waals surface area contributed by atoms with E-state index in [9.17, 15) is 9.59 Å². The Morgan fingerprint density at radius 1 is 1.29 bits per heavy atom. The van der Waals surface area contributed by atoms with Crippen molar-refractivity contribution in [3.8, 4) is 0 Å².